The third-order valence-corrected chi connectivity index (χ3v) is 9.97. The first-order chi connectivity index (χ1) is 23.7. The molecule has 0 N–H and O–H groups in total. The summed E-state index contributed by atoms with van der Waals surface area (Å²) in [5, 5.41) is 0. The Morgan fingerprint density at radius 1 is 0.354 bits per heavy atom. The molecular weight excluding hydrogens is 581 g/mol. The highest BCUT2D eigenvalue weighted by Crippen LogP contribution is 2.22. The Labute approximate surface area is 299 Å². The molecular formula is C46H76N2. The first kappa shape index (κ1) is 41.9. The van der Waals surface area contributed by atoms with Crippen LogP contribution in [0.4, 0.5) is 11.4 Å². The highest BCUT2D eigenvalue weighted by molar-refractivity contribution is 6.43. The van der Waals surface area contributed by atoms with E-state index in [9.17, 15) is 0 Å². The molecule has 0 heterocycles. The van der Waals surface area contributed by atoms with Crippen molar-refractivity contribution in [3.8, 4) is 0 Å². The molecule has 2 rings (SSSR count). The van der Waals surface area contributed by atoms with Crippen LogP contribution in [0.3, 0.4) is 0 Å². The van der Waals surface area contributed by atoms with Crippen molar-refractivity contribution in [3.63, 3.8) is 0 Å². The van der Waals surface area contributed by atoms with Gasteiger partial charge in [0, 0.05) is 0 Å². The molecule has 2 aromatic rings. The van der Waals surface area contributed by atoms with Crippen molar-refractivity contribution in [2.75, 3.05) is 0 Å². The van der Waals surface area contributed by atoms with Crippen LogP contribution in [0.15, 0.2) is 58.5 Å². The van der Waals surface area contributed by atoms with Gasteiger partial charge in [-0.15, -0.1) is 0 Å². The molecule has 0 saturated carbocycles. The normalized spacial score (nSPS) is 12.2. The Balaban J connectivity index is 1.93. The molecule has 0 fully saturated rings. The Hall–Kier alpha value is -2.22. The van der Waals surface area contributed by atoms with Crippen LogP contribution in [-0.4, -0.2) is 11.4 Å². The number of benzene rings is 2. The molecule has 0 unspecified atom stereocenters. The van der Waals surface area contributed by atoms with Crippen LogP contribution in [-0.2, 0) is 12.8 Å². The second-order valence-corrected chi connectivity index (χ2v) is 14.5. The van der Waals surface area contributed by atoms with Gasteiger partial charge in [-0.05, 0) is 80.3 Å². The zero-order valence-electron chi connectivity index (χ0n) is 32.3. The van der Waals surface area contributed by atoms with Crippen LogP contribution in [0.25, 0.3) is 0 Å². The van der Waals surface area contributed by atoms with E-state index in [2.05, 4.69) is 76.2 Å². The van der Waals surface area contributed by atoms with Crippen molar-refractivity contribution in [1.82, 2.24) is 0 Å². The minimum Gasteiger partial charge on any atom is -0.252 e. The Kier molecular flexibility index (Phi) is 25.9. The molecule has 2 aromatic carbocycles. The van der Waals surface area contributed by atoms with E-state index in [4.69, 9.17) is 9.98 Å². The van der Waals surface area contributed by atoms with E-state index in [1.165, 1.54) is 184 Å². The van der Waals surface area contributed by atoms with Gasteiger partial charge in [-0.1, -0.05) is 187 Å². The highest BCUT2D eigenvalue weighted by Gasteiger charge is 2.10. The van der Waals surface area contributed by atoms with E-state index in [-0.39, 0.29) is 0 Å². The topological polar surface area (TPSA) is 24.7 Å². The molecule has 2 heteroatoms. The minimum atomic E-state index is 0.908. The molecule has 0 aliphatic rings. The summed E-state index contributed by atoms with van der Waals surface area (Å²) in [5.41, 5.74) is 7.35. The molecule has 0 spiro atoms. The van der Waals surface area contributed by atoms with Gasteiger partial charge in [0.1, 0.15) is 0 Å². The molecule has 0 atom stereocenters. The SMILES string of the molecule is CCCCCCCCCCCc1ccc(N=C(CC)C(CCCCCCCC)=Nc2ccc(CCCCCCCCCCC)cc2)cc1. The second-order valence-electron chi connectivity index (χ2n) is 14.5. The van der Waals surface area contributed by atoms with Crippen molar-refractivity contribution < 1.29 is 0 Å². The maximum Gasteiger partial charge on any atom is 0.0633 e. The summed E-state index contributed by atoms with van der Waals surface area (Å²) in [7, 11) is 0. The van der Waals surface area contributed by atoms with Crippen molar-refractivity contribution in [2.45, 2.75) is 207 Å². The molecule has 0 aliphatic heterocycles. The van der Waals surface area contributed by atoms with E-state index in [1.54, 1.807) is 0 Å². The Morgan fingerprint density at radius 3 is 1.02 bits per heavy atom. The Morgan fingerprint density at radius 2 is 0.667 bits per heavy atom. The lowest BCUT2D eigenvalue weighted by molar-refractivity contribution is 0.565. The first-order valence-electron chi connectivity index (χ1n) is 21.0. The second kappa shape index (κ2) is 29.7. The summed E-state index contributed by atoms with van der Waals surface area (Å²) in [6.45, 7) is 9.12. The van der Waals surface area contributed by atoms with Gasteiger partial charge in [-0.25, -0.2) is 0 Å². The van der Waals surface area contributed by atoms with Gasteiger partial charge >= 0.3 is 0 Å². The summed E-state index contributed by atoms with van der Waals surface area (Å²) in [6, 6.07) is 18.1. The molecule has 270 valence electrons. The number of unbranched alkanes of at least 4 members (excludes halogenated alkanes) is 21. The predicted octanol–water partition coefficient (Wildman–Crippen LogP) is 15.8. The van der Waals surface area contributed by atoms with E-state index in [0.29, 0.717) is 0 Å². The average Bonchev–Trinajstić information content (AvgIpc) is 3.11. The fourth-order valence-electron chi connectivity index (χ4n) is 6.75. The summed E-state index contributed by atoms with van der Waals surface area (Å²) in [4.78, 5) is 10.4. The van der Waals surface area contributed by atoms with Gasteiger partial charge in [0.15, 0.2) is 0 Å². The fourth-order valence-corrected chi connectivity index (χ4v) is 6.75. The van der Waals surface area contributed by atoms with Gasteiger partial charge in [-0.2, -0.15) is 0 Å². The van der Waals surface area contributed by atoms with Crippen LogP contribution in [0.5, 0.6) is 0 Å². The maximum absolute atomic E-state index is 5.24. The largest absolute Gasteiger partial charge is 0.252 e. The molecule has 0 bridgehead atoms. The maximum atomic E-state index is 5.24. The molecule has 0 saturated heterocycles. The summed E-state index contributed by atoms with van der Waals surface area (Å²) >= 11 is 0. The number of rotatable bonds is 31. The zero-order chi connectivity index (χ0) is 34.3. The number of hydrogen-bond acceptors (Lipinski definition) is 2. The first-order valence-corrected chi connectivity index (χ1v) is 21.0. The Bertz CT molecular complexity index is 1060. The van der Waals surface area contributed by atoms with Gasteiger partial charge in [0.05, 0.1) is 22.8 Å². The number of hydrogen-bond donors (Lipinski definition) is 0. The van der Waals surface area contributed by atoms with E-state index in [0.717, 1.165) is 29.9 Å². The third kappa shape index (κ3) is 21.0. The monoisotopic (exact) mass is 657 g/mol. The van der Waals surface area contributed by atoms with E-state index >= 15 is 0 Å². The minimum absolute atomic E-state index is 0.908. The van der Waals surface area contributed by atoms with Crippen molar-refractivity contribution in [3.05, 3.63) is 59.7 Å². The summed E-state index contributed by atoms with van der Waals surface area (Å²) in [6.07, 6.45) is 37.0. The summed E-state index contributed by atoms with van der Waals surface area (Å²) in [5.74, 6) is 0. The van der Waals surface area contributed by atoms with E-state index < -0.39 is 0 Å². The quantitative estimate of drug-likeness (QED) is 0.0570. The van der Waals surface area contributed by atoms with Crippen molar-refractivity contribution in [2.24, 2.45) is 9.98 Å². The molecule has 0 radical (unpaired) electrons. The van der Waals surface area contributed by atoms with Gasteiger partial charge in [-0.3, -0.25) is 9.98 Å². The molecule has 2 nitrogen and oxygen atoms in total. The molecule has 0 aromatic heterocycles. The highest BCUT2D eigenvalue weighted by atomic mass is 14.8. The molecule has 0 aliphatic carbocycles. The lowest BCUT2D eigenvalue weighted by Crippen LogP contribution is -2.13. The van der Waals surface area contributed by atoms with Crippen molar-refractivity contribution in [1.29, 1.82) is 0 Å². The average molecular weight is 657 g/mol. The van der Waals surface area contributed by atoms with Crippen LogP contribution >= 0.6 is 0 Å². The lowest BCUT2D eigenvalue weighted by Gasteiger charge is -2.11. The predicted molar refractivity (Wildman–Crippen MR) is 217 cm³/mol. The number of aliphatic imine (C=N–C) groups is 2. The zero-order valence-corrected chi connectivity index (χ0v) is 32.3. The van der Waals surface area contributed by atoms with E-state index in [1.807, 2.05) is 0 Å². The number of aryl methyl sites for hydroxylation is 2. The van der Waals surface area contributed by atoms with Crippen LogP contribution in [0.1, 0.15) is 206 Å². The van der Waals surface area contributed by atoms with Gasteiger partial charge in [0.25, 0.3) is 0 Å². The molecule has 48 heavy (non-hydrogen) atoms. The summed E-state index contributed by atoms with van der Waals surface area (Å²) < 4.78 is 0. The smallest absolute Gasteiger partial charge is 0.0633 e. The molecule has 0 amide bonds. The third-order valence-electron chi connectivity index (χ3n) is 9.97. The lowest BCUT2D eigenvalue weighted by atomic mass is 10.0. The van der Waals surface area contributed by atoms with Gasteiger partial charge in [0.2, 0.25) is 0 Å². The van der Waals surface area contributed by atoms with Gasteiger partial charge < -0.3 is 0 Å². The van der Waals surface area contributed by atoms with Crippen molar-refractivity contribution >= 4 is 22.8 Å². The fraction of sp³-hybridized carbons (Fsp3) is 0.696. The standard InChI is InChI=1S/C46H76N2/c1-5-9-12-15-18-20-22-24-27-30-41-33-37-43(38-34-41)47-45(8-4)46(32-29-26-17-14-11-7-3)48-44-39-35-42(36-40-44)31-28-25-23-21-19-16-13-10-6-2/h33-40H,5-32H2,1-4H3. The van der Waals surface area contributed by atoms with Crippen LogP contribution in [0, 0.1) is 0 Å². The number of nitrogens with zero attached hydrogens (tertiary/aromatic N) is 2. The van der Waals surface area contributed by atoms with Crippen LogP contribution in [0.2, 0.25) is 0 Å². The van der Waals surface area contributed by atoms with Crippen LogP contribution < -0.4 is 0 Å².